The van der Waals surface area contributed by atoms with Crippen molar-refractivity contribution in [1.29, 1.82) is 0 Å². The summed E-state index contributed by atoms with van der Waals surface area (Å²) in [6.45, 7) is 3.91. The summed E-state index contributed by atoms with van der Waals surface area (Å²) < 4.78 is 5.41. The number of carbonyl (C=O) groups excluding carboxylic acids is 1. The Morgan fingerprint density at radius 1 is 1.44 bits per heavy atom. The van der Waals surface area contributed by atoms with E-state index in [0.717, 1.165) is 6.42 Å². The average molecular weight is 251 g/mol. The summed E-state index contributed by atoms with van der Waals surface area (Å²) in [4.78, 5) is 11.6. The van der Waals surface area contributed by atoms with E-state index in [-0.39, 0.29) is 25.2 Å². The number of benzene rings is 1. The van der Waals surface area contributed by atoms with Crippen molar-refractivity contribution in [3.63, 3.8) is 0 Å². The molecule has 0 aliphatic carbocycles. The normalized spacial score (nSPS) is 11.9. The Hall–Kier alpha value is -1.55. The van der Waals surface area contributed by atoms with E-state index in [1.807, 2.05) is 31.2 Å². The van der Waals surface area contributed by atoms with E-state index in [1.165, 1.54) is 5.56 Å². The maximum atomic E-state index is 11.6. The molecule has 0 radical (unpaired) electrons. The van der Waals surface area contributed by atoms with Gasteiger partial charge in [0.15, 0.2) is 6.61 Å². The van der Waals surface area contributed by atoms with Crippen molar-refractivity contribution in [2.45, 2.75) is 32.7 Å². The van der Waals surface area contributed by atoms with Crippen molar-refractivity contribution >= 4 is 5.91 Å². The summed E-state index contributed by atoms with van der Waals surface area (Å²) in [5.41, 5.74) is 1.18. The molecule has 0 saturated carbocycles. The number of amides is 1. The summed E-state index contributed by atoms with van der Waals surface area (Å²) in [7, 11) is 0. The van der Waals surface area contributed by atoms with Crippen LogP contribution in [0, 0.1) is 0 Å². The zero-order chi connectivity index (χ0) is 13.4. The quantitative estimate of drug-likeness (QED) is 0.772. The lowest BCUT2D eigenvalue weighted by molar-refractivity contribution is -0.124. The molecule has 2 N–H and O–H groups in total. The molecule has 0 bridgehead atoms. The summed E-state index contributed by atoms with van der Waals surface area (Å²) in [6.07, 6.45) is 1.64. The number of aliphatic hydroxyl groups is 1. The van der Waals surface area contributed by atoms with E-state index in [2.05, 4.69) is 12.2 Å². The van der Waals surface area contributed by atoms with E-state index >= 15 is 0 Å². The molecule has 0 spiro atoms. The van der Waals surface area contributed by atoms with Crippen LogP contribution in [0.1, 0.15) is 25.8 Å². The van der Waals surface area contributed by atoms with Gasteiger partial charge in [-0.3, -0.25) is 4.79 Å². The van der Waals surface area contributed by atoms with E-state index < -0.39 is 0 Å². The fourth-order valence-corrected chi connectivity index (χ4v) is 1.55. The summed E-state index contributed by atoms with van der Waals surface area (Å²) in [6, 6.07) is 7.50. The molecule has 4 heteroatoms. The van der Waals surface area contributed by atoms with Gasteiger partial charge in [0, 0.05) is 0 Å². The van der Waals surface area contributed by atoms with Gasteiger partial charge in [-0.1, -0.05) is 26.0 Å². The average Bonchev–Trinajstić information content (AvgIpc) is 2.42. The first kappa shape index (κ1) is 14.5. The SMILES string of the molecule is CCc1cccc(OCC(=O)N[C@@H](CC)CO)c1. The first-order valence-electron chi connectivity index (χ1n) is 6.31. The topological polar surface area (TPSA) is 58.6 Å². The molecule has 1 rings (SSSR count). The number of carbonyl (C=O) groups is 1. The van der Waals surface area contributed by atoms with E-state index in [0.29, 0.717) is 12.2 Å². The van der Waals surface area contributed by atoms with Gasteiger partial charge in [-0.15, -0.1) is 0 Å². The molecule has 1 aromatic carbocycles. The first-order chi connectivity index (χ1) is 8.69. The monoisotopic (exact) mass is 251 g/mol. The van der Waals surface area contributed by atoms with Crippen LogP contribution in [0.2, 0.25) is 0 Å². The predicted octanol–water partition coefficient (Wildman–Crippen LogP) is 1.51. The highest BCUT2D eigenvalue weighted by Crippen LogP contribution is 2.13. The van der Waals surface area contributed by atoms with Crippen molar-refractivity contribution in [3.8, 4) is 5.75 Å². The maximum absolute atomic E-state index is 11.6. The van der Waals surface area contributed by atoms with Crippen molar-refractivity contribution in [1.82, 2.24) is 5.32 Å². The largest absolute Gasteiger partial charge is 0.484 e. The first-order valence-corrected chi connectivity index (χ1v) is 6.31. The van der Waals surface area contributed by atoms with Crippen LogP contribution in [-0.4, -0.2) is 30.3 Å². The van der Waals surface area contributed by atoms with Crippen molar-refractivity contribution in [2.24, 2.45) is 0 Å². The number of nitrogens with one attached hydrogen (secondary N) is 1. The second kappa shape index (κ2) is 7.71. The Balaban J connectivity index is 2.42. The second-order valence-electron chi connectivity index (χ2n) is 4.14. The van der Waals surface area contributed by atoms with Crippen molar-refractivity contribution < 1.29 is 14.6 Å². The lowest BCUT2D eigenvalue weighted by atomic mass is 10.2. The minimum absolute atomic E-state index is 0.0241. The third kappa shape index (κ3) is 4.75. The molecule has 1 amide bonds. The van der Waals surface area contributed by atoms with Gasteiger partial charge in [0.2, 0.25) is 0 Å². The van der Waals surface area contributed by atoms with Gasteiger partial charge in [0.25, 0.3) is 5.91 Å². The van der Waals surface area contributed by atoms with Crippen LogP contribution in [0.25, 0.3) is 0 Å². The van der Waals surface area contributed by atoms with Gasteiger partial charge in [0.1, 0.15) is 5.75 Å². The number of hydrogen-bond acceptors (Lipinski definition) is 3. The second-order valence-corrected chi connectivity index (χ2v) is 4.14. The number of aliphatic hydroxyl groups excluding tert-OH is 1. The molecule has 0 fully saturated rings. The number of rotatable bonds is 7. The van der Waals surface area contributed by atoms with Crippen LogP contribution in [0.5, 0.6) is 5.75 Å². The lowest BCUT2D eigenvalue weighted by Gasteiger charge is -2.14. The van der Waals surface area contributed by atoms with Gasteiger partial charge in [0.05, 0.1) is 12.6 Å². The molecule has 0 aliphatic rings. The molecule has 18 heavy (non-hydrogen) atoms. The van der Waals surface area contributed by atoms with Crippen LogP contribution in [-0.2, 0) is 11.2 Å². The molecule has 0 aliphatic heterocycles. The van der Waals surface area contributed by atoms with Crippen LogP contribution in [0.4, 0.5) is 0 Å². The molecule has 1 atom stereocenters. The van der Waals surface area contributed by atoms with Crippen LogP contribution in [0.15, 0.2) is 24.3 Å². The maximum Gasteiger partial charge on any atom is 0.258 e. The van der Waals surface area contributed by atoms with Gasteiger partial charge < -0.3 is 15.2 Å². The third-order valence-corrected chi connectivity index (χ3v) is 2.75. The van der Waals surface area contributed by atoms with Gasteiger partial charge in [-0.25, -0.2) is 0 Å². The van der Waals surface area contributed by atoms with Gasteiger partial charge in [-0.05, 0) is 30.5 Å². The highest BCUT2D eigenvalue weighted by atomic mass is 16.5. The van der Waals surface area contributed by atoms with Gasteiger partial charge in [-0.2, -0.15) is 0 Å². The highest BCUT2D eigenvalue weighted by molar-refractivity contribution is 5.77. The van der Waals surface area contributed by atoms with Crippen LogP contribution >= 0.6 is 0 Å². The van der Waals surface area contributed by atoms with E-state index in [4.69, 9.17) is 9.84 Å². The fourth-order valence-electron chi connectivity index (χ4n) is 1.55. The molecular formula is C14H21NO3. The van der Waals surface area contributed by atoms with Gasteiger partial charge >= 0.3 is 0 Å². The number of hydrogen-bond donors (Lipinski definition) is 2. The summed E-state index contributed by atoms with van der Waals surface area (Å²) in [5.74, 6) is 0.486. The molecule has 0 aromatic heterocycles. The molecule has 100 valence electrons. The lowest BCUT2D eigenvalue weighted by Crippen LogP contribution is -2.39. The minimum Gasteiger partial charge on any atom is -0.484 e. The summed E-state index contributed by atoms with van der Waals surface area (Å²) >= 11 is 0. The summed E-state index contributed by atoms with van der Waals surface area (Å²) in [5, 5.41) is 11.7. The number of ether oxygens (including phenoxy) is 1. The van der Waals surface area contributed by atoms with Crippen molar-refractivity contribution in [2.75, 3.05) is 13.2 Å². The van der Waals surface area contributed by atoms with Crippen LogP contribution in [0.3, 0.4) is 0 Å². The Kier molecular flexibility index (Phi) is 6.22. The zero-order valence-electron chi connectivity index (χ0n) is 11.0. The standard InChI is InChI=1S/C14H21NO3/c1-3-11-6-5-7-13(8-11)18-10-14(17)15-12(4-2)9-16/h5-8,12,16H,3-4,9-10H2,1-2H3,(H,15,17)/t12-/m0/s1. The Morgan fingerprint density at radius 2 is 2.22 bits per heavy atom. The number of aryl methyl sites for hydroxylation is 1. The molecule has 1 aromatic rings. The fraction of sp³-hybridized carbons (Fsp3) is 0.500. The van der Waals surface area contributed by atoms with Crippen LogP contribution < -0.4 is 10.1 Å². The molecule has 0 heterocycles. The molecule has 4 nitrogen and oxygen atoms in total. The van der Waals surface area contributed by atoms with E-state index in [1.54, 1.807) is 0 Å². The zero-order valence-corrected chi connectivity index (χ0v) is 11.0. The smallest absolute Gasteiger partial charge is 0.258 e. The van der Waals surface area contributed by atoms with Crippen molar-refractivity contribution in [3.05, 3.63) is 29.8 Å². The Labute approximate surface area is 108 Å². The third-order valence-electron chi connectivity index (χ3n) is 2.75. The molecule has 0 unspecified atom stereocenters. The highest BCUT2D eigenvalue weighted by Gasteiger charge is 2.09. The molecular weight excluding hydrogens is 230 g/mol. The minimum atomic E-state index is -0.210. The van der Waals surface area contributed by atoms with E-state index in [9.17, 15) is 4.79 Å². The molecule has 0 saturated heterocycles. The Bertz CT molecular complexity index is 375. The Morgan fingerprint density at radius 3 is 2.83 bits per heavy atom. The predicted molar refractivity (Wildman–Crippen MR) is 70.6 cm³/mol.